The topological polar surface area (TPSA) is 75.6 Å². The van der Waals surface area contributed by atoms with Crippen molar-refractivity contribution >= 4 is 11.9 Å². The fourth-order valence-electron chi connectivity index (χ4n) is 1.00. The quantitative estimate of drug-likeness (QED) is 0.450. The molecule has 0 unspecified atom stereocenters. The van der Waals surface area contributed by atoms with E-state index in [0.717, 1.165) is 12.0 Å². The normalized spacial score (nSPS) is 16.2. The van der Waals surface area contributed by atoms with Gasteiger partial charge in [-0.25, -0.2) is 4.79 Å². The molecule has 1 rings (SSSR count). The van der Waals surface area contributed by atoms with Crippen LogP contribution in [0.25, 0.3) is 0 Å². The summed E-state index contributed by atoms with van der Waals surface area (Å²) in [5.74, 6) is -2.44. The number of ether oxygens (including phenoxy) is 1. The maximum absolute atomic E-state index is 10.6. The largest absolute Gasteiger partial charge is 0.474 e. The zero-order valence-corrected chi connectivity index (χ0v) is 7.08. The van der Waals surface area contributed by atoms with Crippen LogP contribution in [-0.4, -0.2) is 36.7 Å². The third kappa shape index (κ3) is 3.25. The summed E-state index contributed by atoms with van der Waals surface area (Å²) in [5, 5.41) is 10.5. The van der Waals surface area contributed by atoms with E-state index in [1.807, 2.05) is 6.08 Å². The highest BCUT2D eigenvalue weighted by atomic mass is 16.5. The minimum Gasteiger partial charge on any atom is -0.474 e. The Morgan fingerprint density at radius 3 is 2.92 bits per heavy atom. The second-order valence-electron chi connectivity index (χ2n) is 2.69. The van der Waals surface area contributed by atoms with Crippen molar-refractivity contribution in [3.63, 3.8) is 0 Å². The van der Waals surface area contributed by atoms with E-state index < -0.39 is 11.9 Å². The second-order valence-corrected chi connectivity index (χ2v) is 2.69. The number of carboxylic acids is 1. The van der Waals surface area contributed by atoms with Crippen LogP contribution in [0, 0.1) is 0 Å². The first-order valence-electron chi connectivity index (χ1n) is 3.97. The van der Waals surface area contributed by atoms with Gasteiger partial charge in [0.15, 0.2) is 0 Å². The first-order chi connectivity index (χ1) is 6.20. The zero-order chi connectivity index (χ0) is 9.68. The number of rotatable bonds is 2. The maximum Gasteiger partial charge on any atom is 0.394 e. The van der Waals surface area contributed by atoms with E-state index in [4.69, 9.17) is 9.84 Å². The van der Waals surface area contributed by atoms with Crippen LogP contribution in [0.2, 0.25) is 0 Å². The minimum absolute atomic E-state index is 0.255. The van der Waals surface area contributed by atoms with E-state index >= 15 is 0 Å². The molecule has 0 aromatic carbocycles. The Hall–Kier alpha value is -1.36. The average Bonchev–Trinajstić information content (AvgIpc) is 2.15. The molecule has 0 fully saturated rings. The highest BCUT2D eigenvalue weighted by Gasteiger charge is 2.11. The Kier molecular flexibility index (Phi) is 3.45. The number of nitrogens with one attached hydrogen (secondary N) is 1. The molecular weight excluding hydrogens is 174 g/mol. The molecule has 5 nitrogen and oxygen atoms in total. The van der Waals surface area contributed by atoms with Crippen LogP contribution in [0.1, 0.15) is 6.42 Å². The molecule has 2 N–H and O–H groups in total. The van der Waals surface area contributed by atoms with Crippen LogP contribution in [0.4, 0.5) is 0 Å². The molecule has 5 heteroatoms. The molecule has 0 spiro atoms. The lowest BCUT2D eigenvalue weighted by molar-refractivity contribution is -0.150. The van der Waals surface area contributed by atoms with Gasteiger partial charge >= 0.3 is 11.9 Å². The molecule has 13 heavy (non-hydrogen) atoms. The fraction of sp³-hybridized carbons (Fsp3) is 0.500. The molecule has 0 aromatic rings. The number of carbonyl (C=O) groups excluding carboxylic acids is 1. The number of carboxylic acid groups (broad SMARTS) is 1. The maximum atomic E-state index is 10.6. The van der Waals surface area contributed by atoms with Gasteiger partial charge in [-0.3, -0.25) is 4.79 Å². The summed E-state index contributed by atoms with van der Waals surface area (Å²) in [4.78, 5) is 20.7. The highest BCUT2D eigenvalue weighted by molar-refractivity contribution is 6.31. The van der Waals surface area contributed by atoms with Crippen LogP contribution in [0.3, 0.4) is 0 Å². The Labute approximate surface area is 75.4 Å². The molecule has 1 aliphatic rings. The summed E-state index contributed by atoms with van der Waals surface area (Å²) in [7, 11) is 0. The first-order valence-corrected chi connectivity index (χ1v) is 3.97. The van der Waals surface area contributed by atoms with Crippen molar-refractivity contribution in [1.82, 2.24) is 5.32 Å². The van der Waals surface area contributed by atoms with Gasteiger partial charge in [-0.05, 0) is 12.0 Å². The molecule has 1 aliphatic heterocycles. The average molecular weight is 185 g/mol. The summed E-state index contributed by atoms with van der Waals surface area (Å²) in [6.07, 6.45) is 2.77. The summed E-state index contributed by atoms with van der Waals surface area (Å²) in [6, 6.07) is 0. The van der Waals surface area contributed by atoms with Gasteiger partial charge in [0.2, 0.25) is 0 Å². The van der Waals surface area contributed by atoms with E-state index in [-0.39, 0.29) is 6.54 Å². The SMILES string of the molecule is O=C(O)C(=O)NCC1=CCCOC1. The van der Waals surface area contributed by atoms with Gasteiger partial charge in [0.1, 0.15) is 0 Å². The van der Waals surface area contributed by atoms with Crippen molar-refractivity contribution in [2.45, 2.75) is 6.42 Å². The summed E-state index contributed by atoms with van der Waals surface area (Å²) >= 11 is 0. The van der Waals surface area contributed by atoms with Gasteiger partial charge in [-0.1, -0.05) is 6.08 Å². The van der Waals surface area contributed by atoms with E-state index in [2.05, 4.69) is 5.32 Å². The van der Waals surface area contributed by atoms with Gasteiger partial charge < -0.3 is 15.2 Å². The molecule has 0 aliphatic carbocycles. The van der Waals surface area contributed by atoms with Gasteiger partial charge in [0.05, 0.1) is 13.2 Å². The smallest absolute Gasteiger partial charge is 0.394 e. The fourth-order valence-corrected chi connectivity index (χ4v) is 1.00. The molecular formula is C8H11NO4. The standard InChI is InChI=1S/C8H11NO4/c10-7(8(11)12)9-4-6-2-1-3-13-5-6/h2H,1,3-5H2,(H,9,10)(H,11,12). The number of carbonyl (C=O) groups is 2. The summed E-state index contributed by atoms with van der Waals surface area (Å²) in [6.45, 7) is 1.42. The van der Waals surface area contributed by atoms with Crippen molar-refractivity contribution in [1.29, 1.82) is 0 Å². The minimum atomic E-state index is -1.46. The van der Waals surface area contributed by atoms with Gasteiger partial charge in [-0.15, -0.1) is 0 Å². The van der Waals surface area contributed by atoms with Crippen molar-refractivity contribution in [3.8, 4) is 0 Å². The third-order valence-corrected chi connectivity index (χ3v) is 1.65. The zero-order valence-electron chi connectivity index (χ0n) is 7.08. The van der Waals surface area contributed by atoms with Crippen molar-refractivity contribution in [2.24, 2.45) is 0 Å². The van der Waals surface area contributed by atoms with E-state index in [9.17, 15) is 9.59 Å². The molecule has 0 saturated heterocycles. The van der Waals surface area contributed by atoms with Crippen molar-refractivity contribution < 1.29 is 19.4 Å². The molecule has 72 valence electrons. The third-order valence-electron chi connectivity index (χ3n) is 1.65. The number of hydrogen-bond donors (Lipinski definition) is 2. The van der Waals surface area contributed by atoms with E-state index in [0.29, 0.717) is 13.2 Å². The van der Waals surface area contributed by atoms with Crippen LogP contribution >= 0.6 is 0 Å². The lowest BCUT2D eigenvalue weighted by Gasteiger charge is -2.13. The molecule has 1 heterocycles. The molecule has 1 amide bonds. The molecule has 0 aromatic heterocycles. The Balaban J connectivity index is 2.29. The number of amides is 1. The highest BCUT2D eigenvalue weighted by Crippen LogP contribution is 2.03. The van der Waals surface area contributed by atoms with Gasteiger partial charge in [0.25, 0.3) is 0 Å². The number of aliphatic carboxylic acids is 1. The van der Waals surface area contributed by atoms with Crippen molar-refractivity contribution in [2.75, 3.05) is 19.8 Å². The molecule has 0 bridgehead atoms. The molecule has 0 saturated carbocycles. The van der Waals surface area contributed by atoms with Gasteiger partial charge in [-0.2, -0.15) is 0 Å². The Morgan fingerprint density at radius 1 is 1.62 bits per heavy atom. The van der Waals surface area contributed by atoms with Crippen LogP contribution in [0.5, 0.6) is 0 Å². The monoisotopic (exact) mass is 185 g/mol. The Morgan fingerprint density at radius 2 is 2.38 bits per heavy atom. The van der Waals surface area contributed by atoms with Gasteiger partial charge in [0, 0.05) is 6.54 Å². The second kappa shape index (κ2) is 4.61. The van der Waals surface area contributed by atoms with Crippen LogP contribution in [0.15, 0.2) is 11.6 Å². The summed E-state index contributed by atoms with van der Waals surface area (Å²) in [5.41, 5.74) is 0.917. The van der Waals surface area contributed by atoms with E-state index in [1.54, 1.807) is 0 Å². The lowest BCUT2D eigenvalue weighted by atomic mass is 10.2. The van der Waals surface area contributed by atoms with E-state index in [1.165, 1.54) is 0 Å². The lowest BCUT2D eigenvalue weighted by Crippen LogP contribution is -2.33. The predicted octanol–water partition coefficient (Wildman–Crippen LogP) is -0.466. The predicted molar refractivity (Wildman–Crippen MR) is 44.2 cm³/mol. The van der Waals surface area contributed by atoms with Crippen LogP contribution in [-0.2, 0) is 14.3 Å². The Bertz CT molecular complexity index is 247. The molecule has 0 atom stereocenters. The molecule has 0 radical (unpaired) electrons. The summed E-state index contributed by atoms with van der Waals surface area (Å²) < 4.78 is 5.11. The number of hydrogen-bond acceptors (Lipinski definition) is 3. The first kappa shape index (κ1) is 9.73. The van der Waals surface area contributed by atoms with Crippen LogP contribution < -0.4 is 5.32 Å². The van der Waals surface area contributed by atoms with Crippen molar-refractivity contribution in [3.05, 3.63) is 11.6 Å².